The molecule has 0 fully saturated rings. The van der Waals surface area contributed by atoms with Crippen LogP contribution in [0.5, 0.6) is 0 Å². The van der Waals surface area contributed by atoms with Crippen LogP contribution in [-0.2, 0) is 24.9 Å². The third-order valence-electron chi connectivity index (χ3n) is 4.99. The van der Waals surface area contributed by atoms with Gasteiger partial charge < -0.3 is 9.97 Å². The molecule has 0 unspecified atom stereocenters. The number of hydrogen-bond donors (Lipinski definition) is 2. The standard InChI is InChI=1S/C20H23FN4O/c1-20(2,3)19-23-17-11-25(7-6-15(17)18(26)24-19)10-12-9-22-16-8-13(21)4-5-14(12)16/h4-5,8-9,22H,6-7,10-11H2,1-3H3,(H,23,24,26). The van der Waals surface area contributed by atoms with E-state index in [4.69, 9.17) is 4.98 Å². The topological polar surface area (TPSA) is 64.8 Å². The van der Waals surface area contributed by atoms with Crippen LogP contribution in [0.25, 0.3) is 10.9 Å². The molecule has 5 nitrogen and oxygen atoms in total. The number of fused-ring (bicyclic) bond motifs is 2. The van der Waals surface area contributed by atoms with Gasteiger partial charge in [0, 0.05) is 47.7 Å². The van der Waals surface area contributed by atoms with Crippen molar-refractivity contribution in [2.45, 2.75) is 45.7 Å². The lowest BCUT2D eigenvalue weighted by molar-refractivity contribution is 0.240. The van der Waals surface area contributed by atoms with Gasteiger partial charge in [0.05, 0.1) is 5.69 Å². The van der Waals surface area contributed by atoms with E-state index in [9.17, 15) is 9.18 Å². The van der Waals surface area contributed by atoms with Crippen molar-refractivity contribution in [3.05, 3.63) is 63.2 Å². The third-order valence-corrected chi connectivity index (χ3v) is 4.99. The first-order chi connectivity index (χ1) is 12.3. The Kier molecular flexibility index (Phi) is 3.95. The molecule has 0 bridgehead atoms. The summed E-state index contributed by atoms with van der Waals surface area (Å²) in [5.74, 6) is 0.488. The molecule has 3 heterocycles. The summed E-state index contributed by atoms with van der Waals surface area (Å²) in [7, 11) is 0. The van der Waals surface area contributed by atoms with Gasteiger partial charge in [0.25, 0.3) is 5.56 Å². The number of hydrogen-bond acceptors (Lipinski definition) is 3. The SMILES string of the molecule is CC(C)(C)c1nc2c(c(=O)[nH]1)CCN(Cc1c[nH]c3cc(F)ccc13)C2. The van der Waals surface area contributed by atoms with Crippen LogP contribution >= 0.6 is 0 Å². The van der Waals surface area contributed by atoms with E-state index in [-0.39, 0.29) is 16.8 Å². The number of aromatic amines is 2. The molecule has 0 radical (unpaired) electrons. The van der Waals surface area contributed by atoms with Crippen molar-refractivity contribution in [1.29, 1.82) is 0 Å². The van der Waals surface area contributed by atoms with Crippen molar-refractivity contribution in [3.8, 4) is 0 Å². The second-order valence-corrected chi connectivity index (χ2v) is 8.05. The first-order valence-corrected chi connectivity index (χ1v) is 8.92. The molecule has 1 aliphatic rings. The molecule has 136 valence electrons. The lowest BCUT2D eigenvalue weighted by atomic mass is 9.95. The van der Waals surface area contributed by atoms with Crippen LogP contribution in [-0.4, -0.2) is 26.4 Å². The highest BCUT2D eigenvalue weighted by molar-refractivity contribution is 5.83. The average Bonchev–Trinajstić information content (AvgIpc) is 2.95. The van der Waals surface area contributed by atoms with Crippen LogP contribution in [0.15, 0.2) is 29.2 Å². The second kappa shape index (κ2) is 6.06. The maximum absolute atomic E-state index is 13.4. The zero-order valence-electron chi connectivity index (χ0n) is 15.3. The Bertz CT molecular complexity index is 1030. The van der Waals surface area contributed by atoms with Gasteiger partial charge in [-0.3, -0.25) is 9.69 Å². The number of nitrogens with zero attached hydrogens (tertiary/aromatic N) is 2. The molecule has 1 aliphatic heterocycles. The molecule has 0 saturated heterocycles. The number of aromatic nitrogens is 3. The first kappa shape index (κ1) is 17.0. The van der Waals surface area contributed by atoms with Gasteiger partial charge in [-0.05, 0) is 30.2 Å². The Labute approximate surface area is 151 Å². The zero-order valence-corrected chi connectivity index (χ0v) is 15.3. The Balaban J connectivity index is 1.62. The van der Waals surface area contributed by atoms with E-state index in [0.29, 0.717) is 13.0 Å². The molecule has 26 heavy (non-hydrogen) atoms. The average molecular weight is 354 g/mol. The minimum Gasteiger partial charge on any atom is -0.361 e. The highest BCUT2D eigenvalue weighted by Gasteiger charge is 2.25. The highest BCUT2D eigenvalue weighted by Crippen LogP contribution is 2.24. The molecule has 0 saturated carbocycles. The zero-order chi connectivity index (χ0) is 18.5. The molecular formula is C20H23FN4O. The van der Waals surface area contributed by atoms with Crippen LogP contribution in [0.3, 0.4) is 0 Å². The number of rotatable bonds is 2. The summed E-state index contributed by atoms with van der Waals surface area (Å²) >= 11 is 0. The first-order valence-electron chi connectivity index (χ1n) is 8.92. The smallest absolute Gasteiger partial charge is 0.254 e. The van der Waals surface area contributed by atoms with Crippen molar-refractivity contribution in [2.24, 2.45) is 0 Å². The summed E-state index contributed by atoms with van der Waals surface area (Å²) in [5.41, 5.74) is 3.40. The monoisotopic (exact) mass is 354 g/mol. The van der Waals surface area contributed by atoms with Crippen LogP contribution in [0.2, 0.25) is 0 Å². The van der Waals surface area contributed by atoms with E-state index in [0.717, 1.165) is 46.6 Å². The fourth-order valence-corrected chi connectivity index (χ4v) is 3.51. The van der Waals surface area contributed by atoms with Crippen LogP contribution in [0.1, 0.15) is 43.4 Å². The summed E-state index contributed by atoms with van der Waals surface area (Å²) in [5, 5.41) is 1.03. The van der Waals surface area contributed by atoms with Crippen LogP contribution in [0, 0.1) is 5.82 Å². The van der Waals surface area contributed by atoms with Crippen LogP contribution < -0.4 is 5.56 Å². The summed E-state index contributed by atoms with van der Waals surface area (Å²) in [4.78, 5) is 25.5. The van der Waals surface area contributed by atoms with Crippen LogP contribution in [0.4, 0.5) is 4.39 Å². The van der Waals surface area contributed by atoms with Gasteiger partial charge in [-0.2, -0.15) is 0 Å². The Morgan fingerprint density at radius 3 is 2.88 bits per heavy atom. The molecule has 2 N–H and O–H groups in total. The quantitative estimate of drug-likeness (QED) is 0.742. The minimum atomic E-state index is -0.240. The molecule has 6 heteroatoms. The summed E-state index contributed by atoms with van der Waals surface area (Å²) < 4.78 is 13.4. The lowest BCUT2D eigenvalue weighted by Gasteiger charge is -2.28. The van der Waals surface area contributed by atoms with E-state index in [1.165, 1.54) is 12.1 Å². The van der Waals surface area contributed by atoms with Crippen molar-refractivity contribution in [3.63, 3.8) is 0 Å². The van der Waals surface area contributed by atoms with Crippen molar-refractivity contribution < 1.29 is 4.39 Å². The molecule has 0 amide bonds. The number of nitrogens with one attached hydrogen (secondary N) is 2. The van der Waals surface area contributed by atoms with Crippen molar-refractivity contribution >= 4 is 10.9 Å². The highest BCUT2D eigenvalue weighted by atomic mass is 19.1. The maximum atomic E-state index is 13.4. The van der Waals surface area contributed by atoms with E-state index in [1.807, 2.05) is 33.0 Å². The summed E-state index contributed by atoms with van der Waals surface area (Å²) in [6, 6.07) is 4.82. The Morgan fingerprint density at radius 1 is 1.31 bits per heavy atom. The molecule has 3 aromatic rings. The van der Waals surface area contributed by atoms with Gasteiger partial charge in [0.2, 0.25) is 0 Å². The Hall–Kier alpha value is -2.47. The molecular weight excluding hydrogens is 331 g/mol. The number of benzene rings is 1. The second-order valence-electron chi connectivity index (χ2n) is 8.05. The van der Waals surface area contributed by atoms with Gasteiger partial charge >= 0.3 is 0 Å². The van der Waals surface area contributed by atoms with Gasteiger partial charge in [0.1, 0.15) is 11.6 Å². The summed E-state index contributed by atoms with van der Waals surface area (Å²) in [6.45, 7) is 8.33. The molecule has 4 rings (SSSR count). The predicted octanol–water partition coefficient (Wildman–Crippen LogP) is 3.25. The molecule has 0 spiro atoms. The number of halogens is 1. The van der Waals surface area contributed by atoms with Crippen molar-refractivity contribution in [2.75, 3.05) is 6.54 Å². The molecule has 0 aliphatic carbocycles. The molecule has 2 aromatic heterocycles. The van der Waals surface area contributed by atoms with E-state index < -0.39 is 0 Å². The normalized spacial score (nSPS) is 15.4. The fraction of sp³-hybridized carbons (Fsp3) is 0.400. The largest absolute Gasteiger partial charge is 0.361 e. The van der Waals surface area contributed by atoms with Gasteiger partial charge in [-0.25, -0.2) is 9.37 Å². The van der Waals surface area contributed by atoms with Gasteiger partial charge in [-0.15, -0.1) is 0 Å². The molecule has 1 aromatic carbocycles. The Morgan fingerprint density at radius 2 is 2.12 bits per heavy atom. The van der Waals surface area contributed by atoms with Gasteiger partial charge in [-0.1, -0.05) is 20.8 Å². The summed E-state index contributed by atoms with van der Waals surface area (Å²) in [6.07, 6.45) is 2.63. The fourth-order valence-electron chi connectivity index (χ4n) is 3.51. The van der Waals surface area contributed by atoms with Gasteiger partial charge in [0.15, 0.2) is 0 Å². The van der Waals surface area contributed by atoms with E-state index >= 15 is 0 Å². The lowest BCUT2D eigenvalue weighted by Crippen LogP contribution is -2.36. The third kappa shape index (κ3) is 3.05. The van der Waals surface area contributed by atoms with E-state index in [1.54, 1.807) is 0 Å². The van der Waals surface area contributed by atoms with Crippen molar-refractivity contribution in [1.82, 2.24) is 19.9 Å². The number of H-pyrrole nitrogens is 2. The maximum Gasteiger partial charge on any atom is 0.254 e. The minimum absolute atomic E-state index is 0.0119. The molecule has 0 atom stereocenters. The van der Waals surface area contributed by atoms with E-state index in [2.05, 4.69) is 14.9 Å². The predicted molar refractivity (Wildman–Crippen MR) is 99.6 cm³/mol.